The number of hydrogen-bond donors (Lipinski definition) is 4. The Morgan fingerprint density at radius 2 is 1.88 bits per heavy atom. The maximum atomic E-state index is 14.4. The quantitative estimate of drug-likeness (QED) is 0.295. The molecule has 12 nitrogen and oxygen atoms in total. The highest BCUT2D eigenvalue weighted by Crippen LogP contribution is 2.33. The first-order chi connectivity index (χ1) is 19.8. The number of likely N-dealkylation sites (N-methyl/N-ethyl adjacent to an activating group) is 1. The fraction of sp³-hybridized carbons (Fsp3) is 0.593. The van der Waals surface area contributed by atoms with Crippen LogP contribution in [0.15, 0.2) is 24.4 Å². The Bertz CT molecular complexity index is 1370. The van der Waals surface area contributed by atoms with Crippen molar-refractivity contribution in [2.45, 2.75) is 62.7 Å². The minimum Gasteiger partial charge on any atom is -0.495 e. The van der Waals surface area contributed by atoms with Crippen molar-refractivity contribution in [2.75, 3.05) is 51.2 Å². The molecule has 232 valence electrons. The predicted octanol–water partition coefficient (Wildman–Crippen LogP) is 2.68. The molecule has 0 radical (unpaired) electrons. The Hall–Kier alpha value is -3.14. The fourth-order valence-electron chi connectivity index (χ4n) is 5.41. The summed E-state index contributed by atoms with van der Waals surface area (Å²) < 4.78 is 60.0. The number of sulfonamides is 1. The molecule has 15 heteroatoms. The van der Waals surface area contributed by atoms with Crippen LogP contribution in [0.1, 0.15) is 54.4 Å². The minimum atomic E-state index is -3.74. The number of piperidine rings is 1. The van der Waals surface area contributed by atoms with Crippen LogP contribution in [0, 0.1) is 0 Å². The summed E-state index contributed by atoms with van der Waals surface area (Å²) in [7, 11) is 1.47. The molecule has 1 aliphatic heterocycles. The van der Waals surface area contributed by atoms with E-state index >= 15 is 0 Å². The monoisotopic (exact) mass is 610 g/mol. The topological polar surface area (TPSA) is 155 Å². The standard InChI is InChI=1S/C27H40F2N8O4S/c1-36-13-11-18(12-14-36)32-25(38)17-9-10-21(23(15-17)41-3)34-26-31-16-19(27(28,29)30)24(35-26)33-20-7-5-6-8-22(20)37(2)42(4,39)40/h9-10,15-16,18,20,22H,5-8,11-14,30H2,1-4H3,(H,32,38)(H2,31,33,34,35)/t20-,22-/m1/s1. The Morgan fingerprint density at radius 3 is 2.52 bits per heavy atom. The van der Waals surface area contributed by atoms with Crippen LogP contribution in [0.25, 0.3) is 0 Å². The molecule has 2 heterocycles. The van der Waals surface area contributed by atoms with Gasteiger partial charge in [-0.05, 0) is 64.0 Å². The molecule has 1 amide bonds. The van der Waals surface area contributed by atoms with Gasteiger partial charge in [0.05, 0.1) is 24.6 Å². The summed E-state index contributed by atoms with van der Waals surface area (Å²) >= 11 is 0. The van der Waals surface area contributed by atoms with Crippen LogP contribution in [0.2, 0.25) is 0 Å². The fourth-order valence-corrected chi connectivity index (χ4v) is 6.15. The van der Waals surface area contributed by atoms with Gasteiger partial charge in [0.25, 0.3) is 5.91 Å². The number of nitrogens with one attached hydrogen (secondary N) is 3. The van der Waals surface area contributed by atoms with Crippen molar-refractivity contribution in [2.24, 2.45) is 5.73 Å². The number of anilines is 3. The van der Waals surface area contributed by atoms with Crippen LogP contribution in [0.3, 0.4) is 0 Å². The minimum absolute atomic E-state index is 0.0174. The molecular formula is C27H40F2N8O4S. The molecule has 2 aromatic rings. The van der Waals surface area contributed by atoms with Gasteiger partial charge in [-0.2, -0.15) is 13.8 Å². The smallest absolute Gasteiger partial charge is 0.332 e. The van der Waals surface area contributed by atoms with Crippen LogP contribution in [0.4, 0.5) is 26.2 Å². The molecule has 1 aliphatic carbocycles. The van der Waals surface area contributed by atoms with Crippen LogP contribution >= 0.6 is 0 Å². The molecule has 2 aliphatic rings. The van der Waals surface area contributed by atoms with E-state index in [4.69, 9.17) is 10.5 Å². The maximum absolute atomic E-state index is 14.4. The number of alkyl halides is 2. The van der Waals surface area contributed by atoms with Crippen LogP contribution < -0.4 is 26.4 Å². The number of rotatable bonds is 10. The molecule has 0 spiro atoms. The molecule has 0 bridgehead atoms. The second kappa shape index (κ2) is 13.0. The summed E-state index contributed by atoms with van der Waals surface area (Å²) in [5, 5.41) is 9.07. The number of halogens is 2. The number of nitrogens with zero attached hydrogens (tertiary/aromatic N) is 4. The zero-order valence-corrected chi connectivity index (χ0v) is 25.2. The van der Waals surface area contributed by atoms with Crippen LogP contribution in [0.5, 0.6) is 5.75 Å². The lowest BCUT2D eigenvalue weighted by atomic mass is 9.90. The molecular weight excluding hydrogens is 570 g/mol. The van der Waals surface area contributed by atoms with Crippen molar-refractivity contribution in [3.8, 4) is 5.75 Å². The van der Waals surface area contributed by atoms with Crippen molar-refractivity contribution in [1.82, 2.24) is 24.5 Å². The van der Waals surface area contributed by atoms with E-state index in [2.05, 4.69) is 37.9 Å². The first kappa shape index (κ1) is 31.8. The van der Waals surface area contributed by atoms with E-state index < -0.39 is 33.7 Å². The number of methoxy groups -OCH3 is 1. The zero-order valence-electron chi connectivity index (χ0n) is 24.4. The van der Waals surface area contributed by atoms with Gasteiger partial charge in [0, 0.05) is 36.9 Å². The lowest BCUT2D eigenvalue weighted by Gasteiger charge is -2.37. The Morgan fingerprint density at radius 1 is 1.19 bits per heavy atom. The molecule has 5 N–H and O–H groups in total. The number of amides is 1. The van der Waals surface area contributed by atoms with E-state index in [0.29, 0.717) is 29.8 Å². The van der Waals surface area contributed by atoms with Gasteiger partial charge in [-0.1, -0.05) is 12.8 Å². The normalized spacial score (nSPS) is 20.8. The van der Waals surface area contributed by atoms with E-state index in [1.54, 1.807) is 18.2 Å². The Labute approximate surface area is 245 Å². The van der Waals surface area contributed by atoms with E-state index in [1.807, 2.05) is 0 Å². The third kappa shape index (κ3) is 7.82. The van der Waals surface area contributed by atoms with Gasteiger partial charge < -0.3 is 25.6 Å². The van der Waals surface area contributed by atoms with E-state index in [1.165, 1.54) is 18.5 Å². The third-order valence-electron chi connectivity index (χ3n) is 7.95. The number of carbonyl (C=O) groups is 1. The summed E-state index contributed by atoms with van der Waals surface area (Å²) in [4.78, 5) is 23.4. The predicted molar refractivity (Wildman–Crippen MR) is 157 cm³/mol. The largest absolute Gasteiger partial charge is 0.495 e. The van der Waals surface area contributed by atoms with Crippen molar-refractivity contribution in [3.63, 3.8) is 0 Å². The first-order valence-electron chi connectivity index (χ1n) is 13.9. The summed E-state index contributed by atoms with van der Waals surface area (Å²) in [6.45, 7) is 1.83. The van der Waals surface area contributed by atoms with Crippen molar-refractivity contribution >= 4 is 33.4 Å². The van der Waals surface area contributed by atoms with Gasteiger partial charge in [-0.25, -0.2) is 17.7 Å². The van der Waals surface area contributed by atoms with Crippen molar-refractivity contribution in [3.05, 3.63) is 35.5 Å². The van der Waals surface area contributed by atoms with E-state index in [-0.39, 0.29) is 23.7 Å². The lowest BCUT2D eigenvalue weighted by Crippen LogP contribution is -2.49. The number of benzene rings is 1. The number of nitrogens with two attached hydrogens (primary N) is 1. The molecule has 1 saturated carbocycles. The second-order valence-electron chi connectivity index (χ2n) is 11.1. The zero-order chi connectivity index (χ0) is 30.7. The molecule has 0 unspecified atom stereocenters. The van der Waals surface area contributed by atoms with Gasteiger partial charge in [0.1, 0.15) is 11.6 Å². The summed E-state index contributed by atoms with van der Waals surface area (Å²) in [6.07, 6.45) is 6.53. The molecule has 4 rings (SSSR count). The summed E-state index contributed by atoms with van der Waals surface area (Å²) in [6, 6.07) is 0.270. The lowest BCUT2D eigenvalue weighted by molar-refractivity contribution is 0.00302. The highest BCUT2D eigenvalue weighted by atomic mass is 32.2. The highest BCUT2D eigenvalue weighted by molar-refractivity contribution is 7.88. The first-order valence-corrected chi connectivity index (χ1v) is 15.8. The number of carbonyl (C=O) groups excluding carboxylic acids is 1. The van der Waals surface area contributed by atoms with Crippen molar-refractivity contribution in [1.29, 1.82) is 0 Å². The molecule has 1 saturated heterocycles. The molecule has 1 aromatic heterocycles. The van der Waals surface area contributed by atoms with Gasteiger partial charge in [0.15, 0.2) is 0 Å². The average molecular weight is 611 g/mol. The number of aromatic nitrogens is 2. The van der Waals surface area contributed by atoms with Gasteiger partial charge in [0.2, 0.25) is 16.0 Å². The van der Waals surface area contributed by atoms with E-state index in [0.717, 1.165) is 51.2 Å². The Kier molecular flexibility index (Phi) is 9.85. The number of ether oxygens (including phenoxy) is 1. The maximum Gasteiger partial charge on any atom is 0.332 e. The summed E-state index contributed by atoms with van der Waals surface area (Å²) in [5.74, 6) is -0.102. The van der Waals surface area contributed by atoms with Gasteiger partial charge in [-0.15, -0.1) is 0 Å². The van der Waals surface area contributed by atoms with Crippen molar-refractivity contribution < 1.29 is 26.7 Å². The number of likely N-dealkylation sites (tertiary alicyclic amines) is 1. The SMILES string of the molecule is COc1cc(C(=O)NC2CCN(C)CC2)ccc1Nc1ncc(C(N)(F)F)c(N[C@@H]2CCCC[C@H]2N(C)S(C)(=O)=O)n1. The van der Waals surface area contributed by atoms with Gasteiger partial charge in [-0.3, -0.25) is 10.5 Å². The average Bonchev–Trinajstić information content (AvgIpc) is 2.93. The van der Waals surface area contributed by atoms with E-state index in [9.17, 15) is 22.0 Å². The molecule has 2 fully saturated rings. The van der Waals surface area contributed by atoms with Crippen LogP contribution in [-0.2, 0) is 16.1 Å². The summed E-state index contributed by atoms with van der Waals surface area (Å²) in [5.41, 5.74) is 5.36. The highest BCUT2D eigenvalue weighted by Gasteiger charge is 2.36. The molecule has 2 atom stereocenters. The number of hydrogen-bond acceptors (Lipinski definition) is 10. The molecule has 1 aromatic carbocycles. The second-order valence-corrected chi connectivity index (χ2v) is 13.1. The Balaban J connectivity index is 1.56. The van der Waals surface area contributed by atoms with Gasteiger partial charge >= 0.3 is 6.05 Å². The third-order valence-corrected chi connectivity index (χ3v) is 9.27. The molecule has 42 heavy (non-hydrogen) atoms. The van der Waals surface area contributed by atoms with Crippen LogP contribution in [-0.4, -0.2) is 92.2 Å².